The number of rotatable bonds is 19. The Hall–Kier alpha value is -5.03. The summed E-state index contributed by atoms with van der Waals surface area (Å²) in [5, 5.41) is 13.3. The fourth-order valence-electron chi connectivity index (χ4n) is 4.85. The van der Waals surface area contributed by atoms with Gasteiger partial charge in [-0.25, -0.2) is 9.59 Å². The molecule has 17 nitrogen and oxygen atoms in total. The average Bonchev–Trinajstić information content (AvgIpc) is 3.01. The van der Waals surface area contributed by atoms with Crippen LogP contribution in [0, 0.1) is 5.92 Å². The van der Waals surface area contributed by atoms with Crippen molar-refractivity contribution >= 4 is 47.2 Å². The Morgan fingerprint density at radius 3 is 2.20 bits per heavy atom. The van der Waals surface area contributed by atoms with E-state index in [2.05, 4.69) is 33.2 Å². The van der Waals surface area contributed by atoms with E-state index in [4.69, 9.17) is 21.9 Å². The van der Waals surface area contributed by atoms with Crippen molar-refractivity contribution in [2.24, 2.45) is 23.1 Å². The molecule has 7 amide bonds. The van der Waals surface area contributed by atoms with Crippen molar-refractivity contribution in [2.75, 3.05) is 32.0 Å². The highest BCUT2D eigenvalue weighted by molar-refractivity contribution is 6.01. The zero-order valence-electron chi connectivity index (χ0n) is 28.4. The molecule has 3 atom stereocenters. The van der Waals surface area contributed by atoms with Crippen LogP contribution in [0.2, 0.25) is 0 Å². The maximum Gasteiger partial charge on any atom is 0.333 e. The van der Waals surface area contributed by atoms with Crippen LogP contribution in [-0.2, 0) is 35.3 Å². The molecule has 0 bridgehead atoms. The zero-order valence-corrected chi connectivity index (χ0v) is 28.4. The van der Waals surface area contributed by atoms with Crippen molar-refractivity contribution in [3.8, 4) is 0 Å². The summed E-state index contributed by atoms with van der Waals surface area (Å²) in [6.07, 6.45) is 0.395. The van der Waals surface area contributed by atoms with Crippen LogP contribution in [0.15, 0.2) is 30.4 Å². The van der Waals surface area contributed by atoms with Gasteiger partial charge in [-0.1, -0.05) is 26.5 Å². The Labute approximate surface area is 285 Å². The van der Waals surface area contributed by atoms with Gasteiger partial charge in [-0.3, -0.25) is 24.0 Å². The number of esters is 1. The van der Waals surface area contributed by atoms with Crippen molar-refractivity contribution in [1.82, 2.24) is 26.2 Å². The Morgan fingerprint density at radius 1 is 0.980 bits per heavy atom. The van der Waals surface area contributed by atoms with Crippen molar-refractivity contribution in [3.63, 3.8) is 0 Å². The smallest absolute Gasteiger partial charge is 0.333 e. The van der Waals surface area contributed by atoms with Gasteiger partial charge < -0.3 is 53.4 Å². The Bertz CT molecular complexity index is 1410. The van der Waals surface area contributed by atoms with Crippen molar-refractivity contribution < 1.29 is 38.3 Å². The molecule has 0 spiro atoms. The Kier molecular flexibility index (Phi) is 15.6. The van der Waals surface area contributed by atoms with Gasteiger partial charge in [0.1, 0.15) is 18.7 Å². The number of ether oxygens (including phenoxy) is 1. The van der Waals surface area contributed by atoms with Gasteiger partial charge >= 0.3 is 12.0 Å². The summed E-state index contributed by atoms with van der Waals surface area (Å²) < 4.78 is 5.26. The third kappa shape index (κ3) is 12.8. The predicted octanol–water partition coefficient (Wildman–Crippen LogP) is -1.04. The number of likely N-dealkylation sites (tertiary alicyclic amines) is 1. The highest BCUT2D eigenvalue weighted by atomic mass is 16.5. The molecule has 49 heavy (non-hydrogen) atoms. The van der Waals surface area contributed by atoms with Gasteiger partial charge in [0.25, 0.3) is 5.91 Å². The molecule has 0 radical (unpaired) electrons. The maximum absolute atomic E-state index is 13.6. The van der Waals surface area contributed by atoms with E-state index in [-0.39, 0.29) is 67.6 Å². The van der Waals surface area contributed by atoms with Gasteiger partial charge in [0.05, 0.1) is 6.04 Å². The van der Waals surface area contributed by atoms with Crippen molar-refractivity contribution in [1.29, 1.82) is 0 Å². The van der Waals surface area contributed by atoms with Gasteiger partial charge in [0.15, 0.2) is 0 Å². The first-order valence-corrected chi connectivity index (χ1v) is 15.9. The van der Waals surface area contributed by atoms with Crippen LogP contribution in [0.25, 0.3) is 0 Å². The van der Waals surface area contributed by atoms with Crippen molar-refractivity contribution in [2.45, 2.75) is 77.2 Å². The first-order valence-electron chi connectivity index (χ1n) is 15.9. The molecule has 2 rings (SSSR count). The van der Waals surface area contributed by atoms with Gasteiger partial charge in [0, 0.05) is 54.5 Å². The lowest BCUT2D eigenvalue weighted by atomic mass is 10.0. The van der Waals surface area contributed by atoms with Crippen LogP contribution in [0.4, 0.5) is 10.5 Å². The van der Waals surface area contributed by atoms with Crippen LogP contribution in [0.3, 0.4) is 0 Å². The summed E-state index contributed by atoms with van der Waals surface area (Å²) in [6.45, 7) is 9.06. The van der Waals surface area contributed by atoms with E-state index < -0.39 is 59.7 Å². The number of hydrogen-bond donors (Lipinski definition) is 8. The number of carbonyl (C=O) groups is 7. The minimum Gasteiger partial charge on any atom is -0.457 e. The third-order valence-corrected chi connectivity index (χ3v) is 7.71. The van der Waals surface area contributed by atoms with Gasteiger partial charge in [0.2, 0.25) is 23.6 Å². The molecule has 270 valence electrons. The third-order valence-electron chi connectivity index (χ3n) is 7.71. The summed E-state index contributed by atoms with van der Waals surface area (Å²) in [7, 11) is 1.54. The number of urea groups is 1. The van der Waals surface area contributed by atoms with Gasteiger partial charge in [-0.15, -0.1) is 0 Å². The predicted molar refractivity (Wildman–Crippen MR) is 180 cm³/mol. The van der Waals surface area contributed by atoms with E-state index in [1.807, 2.05) is 0 Å². The molecule has 0 unspecified atom stereocenters. The Morgan fingerprint density at radius 2 is 1.65 bits per heavy atom. The number of nitrogens with one attached hydrogen (secondary N) is 5. The number of amides is 7. The fraction of sp³-hybridized carbons (Fsp3) is 0.531. The van der Waals surface area contributed by atoms with Crippen LogP contribution in [0.1, 0.15) is 62.4 Å². The summed E-state index contributed by atoms with van der Waals surface area (Å²) in [6, 6.07) is 0.609. The lowest BCUT2D eigenvalue weighted by Crippen LogP contribution is -2.58. The quantitative estimate of drug-likeness (QED) is 0.0497. The molecule has 1 aliphatic heterocycles. The fourth-order valence-corrected chi connectivity index (χ4v) is 4.85. The van der Waals surface area contributed by atoms with E-state index in [1.165, 1.54) is 31.0 Å². The molecule has 1 aromatic carbocycles. The molecule has 1 fully saturated rings. The molecule has 11 N–H and O–H groups in total. The molecule has 17 heteroatoms. The molecule has 0 saturated carbocycles. The van der Waals surface area contributed by atoms with Crippen molar-refractivity contribution in [3.05, 3.63) is 41.5 Å². The number of nitrogens with zero attached hydrogens (tertiary/aromatic N) is 1. The molecular formula is C32H49N9O8. The molecule has 1 aromatic rings. The normalized spacial score (nSPS) is 14.4. The first kappa shape index (κ1) is 40.1. The number of anilines is 1. The number of carbonyl (C=O) groups excluding carboxylic acids is 7. The molecule has 0 aliphatic carbocycles. The summed E-state index contributed by atoms with van der Waals surface area (Å²) in [5.74, 6) is -3.78. The molecule has 1 saturated heterocycles. The lowest BCUT2D eigenvalue weighted by Gasteiger charge is -2.37. The number of likely N-dealkylation sites (N-methyl/N-ethyl adjacent to an activating group) is 1. The number of primary amides is 2. The average molecular weight is 688 g/mol. The number of benzene rings is 1. The second-order valence-electron chi connectivity index (χ2n) is 12.3. The van der Waals surface area contributed by atoms with Gasteiger partial charge in [-0.05, 0) is 51.3 Å². The van der Waals surface area contributed by atoms with E-state index >= 15 is 0 Å². The van der Waals surface area contributed by atoms with Crippen LogP contribution in [0.5, 0.6) is 0 Å². The van der Waals surface area contributed by atoms with E-state index in [1.54, 1.807) is 19.9 Å². The highest BCUT2D eigenvalue weighted by Gasteiger charge is 2.32. The lowest BCUT2D eigenvalue weighted by molar-refractivity contribution is -0.140. The summed E-state index contributed by atoms with van der Waals surface area (Å²) in [4.78, 5) is 89.4. The van der Waals surface area contributed by atoms with E-state index in [0.717, 1.165) is 0 Å². The first-order chi connectivity index (χ1) is 23.0. The second-order valence-corrected chi connectivity index (χ2v) is 12.3. The largest absolute Gasteiger partial charge is 0.457 e. The Balaban J connectivity index is 2.30. The minimum atomic E-state index is -1.14. The van der Waals surface area contributed by atoms with Gasteiger partial charge in [-0.2, -0.15) is 0 Å². The summed E-state index contributed by atoms with van der Waals surface area (Å²) in [5.41, 5.74) is 17.2. The monoisotopic (exact) mass is 687 g/mol. The van der Waals surface area contributed by atoms with Crippen LogP contribution in [-0.4, -0.2) is 97.3 Å². The highest BCUT2D eigenvalue weighted by Crippen LogP contribution is 2.22. The molecule has 0 aromatic heterocycles. The minimum absolute atomic E-state index is 0.0431. The topological polar surface area (TPSA) is 270 Å². The standard InChI is InChI=1S/C32H49N9O8/c1-17(2)26(40-27(43)23(36-5)10-11-25(34)42)29(45)39-24(7-6-12-37-32(35)48)28(44)38-21-9-8-19(16-49-31(47)18(3)4)22(13-21)30(46)41-14-20(33)15-41/h8-9,13,17,20,23-24,26,36H,3,6-7,10-12,14-16,33H2,1-2,4-5H3,(H2,34,42)(H,38,44)(H,39,45)(H,40,43)(H3,35,37,48)/t23-,24-,26-/m0/s1. The van der Waals surface area contributed by atoms with Crippen LogP contribution >= 0.6 is 0 Å². The SMILES string of the molecule is C=C(C)C(=O)OCc1ccc(NC(=O)[C@H](CCCNC(N)=O)NC(=O)[C@@H](NC(=O)[C@H](CCC(N)=O)NC)C(C)C)cc1C(=O)N1CC(N)C1. The second kappa shape index (κ2) is 19.1. The molecule has 1 aliphatic rings. The number of nitrogens with two attached hydrogens (primary N) is 3. The van der Waals surface area contributed by atoms with E-state index in [0.29, 0.717) is 18.7 Å². The van der Waals surface area contributed by atoms with E-state index in [9.17, 15) is 33.6 Å². The molecule has 1 heterocycles. The molecular weight excluding hydrogens is 638 g/mol. The number of hydrogen-bond acceptors (Lipinski definition) is 10. The maximum atomic E-state index is 13.6. The zero-order chi connectivity index (χ0) is 36.8. The summed E-state index contributed by atoms with van der Waals surface area (Å²) >= 11 is 0. The van der Waals surface area contributed by atoms with Crippen LogP contribution < -0.4 is 43.8 Å².